The number of nitrogens with two attached hydrogens (primary N) is 1. The Morgan fingerprint density at radius 1 is 0.976 bits per heavy atom. The molecule has 0 spiro atoms. The number of carbonyl (C=O) groups excluding carboxylic acids is 1. The number of benzene rings is 4. The van der Waals surface area contributed by atoms with Gasteiger partial charge in [-0.2, -0.15) is 0 Å². The maximum Gasteiger partial charge on any atom is 0.333 e. The number of halogens is 1. The van der Waals surface area contributed by atoms with E-state index in [-0.39, 0.29) is 16.6 Å². The molecule has 2 heterocycles. The molecular weight excluding hydrogens is 535 g/mol. The zero-order valence-electron chi connectivity index (χ0n) is 26.3. The summed E-state index contributed by atoms with van der Waals surface area (Å²) < 4.78 is 38.8. The van der Waals surface area contributed by atoms with Crippen LogP contribution in [0.4, 0.5) is 4.39 Å². The molecule has 6 aromatic rings. The Hall–Kier alpha value is -5.02. The number of aryl methyl sites for hydroxylation is 2. The first-order valence-electron chi connectivity index (χ1n) is 14.7. The zero-order valence-corrected chi connectivity index (χ0v) is 23.3. The van der Waals surface area contributed by atoms with Gasteiger partial charge in [0.15, 0.2) is 0 Å². The van der Waals surface area contributed by atoms with Crippen molar-refractivity contribution in [3.8, 4) is 16.8 Å². The van der Waals surface area contributed by atoms with Crippen LogP contribution >= 0.6 is 0 Å². The number of primary amides is 1. The first-order chi connectivity index (χ1) is 21.0. The summed E-state index contributed by atoms with van der Waals surface area (Å²) in [5.41, 5.74) is 6.87. The lowest BCUT2D eigenvalue weighted by atomic mass is 9.90. The first-order valence-corrected chi connectivity index (χ1v) is 13.2. The van der Waals surface area contributed by atoms with Gasteiger partial charge in [0.25, 0.3) is 11.5 Å². The third-order valence-corrected chi connectivity index (χ3v) is 7.87. The number of rotatable bonds is 4. The maximum absolute atomic E-state index is 15.2. The van der Waals surface area contributed by atoms with E-state index in [1.165, 1.54) is 6.07 Å². The van der Waals surface area contributed by atoms with Crippen molar-refractivity contribution in [2.45, 2.75) is 40.1 Å². The van der Waals surface area contributed by atoms with Gasteiger partial charge in [-0.05, 0) is 92.2 Å². The Labute approximate surface area is 243 Å². The molecule has 0 aliphatic rings. The van der Waals surface area contributed by atoms with E-state index in [0.29, 0.717) is 38.7 Å². The van der Waals surface area contributed by atoms with Gasteiger partial charge in [0.2, 0.25) is 0 Å². The molecule has 1 amide bonds. The van der Waals surface area contributed by atoms with E-state index in [2.05, 4.69) is 9.97 Å². The summed E-state index contributed by atoms with van der Waals surface area (Å²) in [6.45, 7) is 4.23. The molecular formula is C33H29FN4O4. The lowest BCUT2D eigenvalue weighted by Gasteiger charge is -2.19. The van der Waals surface area contributed by atoms with E-state index >= 15 is 4.39 Å². The predicted octanol–water partition coefficient (Wildman–Crippen LogP) is 5.37. The number of fused-ring (bicyclic) bond motifs is 4. The van der Waals surface area contributed by atoms with Crippen molar-refractivity contribution in [1.29, 1.82) is 0 Å². The van der Waals surface area contributed by atoms with E-state index in [1.54, 1.807) is 45.0 Å². The number of carbonyl (C=O) groups is 1. The zero-order chi connectivity index (χ0) is 32.7. The lowest BCUT2D eigenvalue weighted by Crippen LogP contribution is -2.34. The number of aromatic nitrogens is 3. The summed E-state index contributed by atoms with van der Waals surface area (Å²) in [4.78, 5) is 45.1. The van der Waals surface area contributed by atoms with Crippen LogP contribution in [0.2, 0.25) is 0 Å². The Kier molecular flexibility index (Phi) is 5.21. The molecule has 0 saturated heterocycles. The van der Waals surface area contributed by atoms with Gasteiger partial charge in [-0.25, -0.2) is 13.8 Å². The monoisotopic (exact) mass is 567 g/mol. The van der Waals surface area contributed by atoms with Crippen LogP contribution < -0.4 is 17.0 Å². The Balaban J connectivity index is 1.64. The number of aliphatic hydroxyl groups is 1. The molecule has 8 nitrogen and oxygen atoms in total. The highest BCUT2D eigenvalue weighted by Gasteiger charge is 2.23. The molecule has 0 aliphatic heterocycles. The van der Waals surface area contributed by atoms with Crippen molar-refractivity contribution in [3.63, 3.8) is 0 Å². The number of hydrogen-bond donors (Lipinski definition) is 4. The van der Waals surface area contributed by atoms with Crippen LogP contribution in [0.5, 0.6) is 0 Å². The van der Waals surface area contributed by atoms with E-state index in [9.17, 15) is 19.5 Å². The summed E-state index contributed by atoms with van der Waals surface area (Å²) in [6, 6.07) is 14.4. The van der Waals surface area contributed by atoms with Crippen LogP contribution in [0.25, 0.3) is 49.5 Å². The molecule has 0 bridgehead atoms. The van der Waals surface area contributed by atoms with Gasteiger partial charge in [0, 0.05) is 20.4 Å². The molecule has 0 saturated carbocycles. The molecule has 0 aliphatic carbocycles. The largest absolute Gasteiger partial charge is 0.386 e. The Bertz CT molecular complexity index is 2360. The molecule has 0 fully saturated rings. The molecule has 4 aromatic carbocycles. The molecule has 2 aromatic heterocycles. The van der Waals surface area contributed by atoms with Gasteiger partial charge >= 0.3 is 5.69 Å². The van der Waals surface area contributed by atoms with Crippen LogP contribution in [0.15, 0.2) is 64.2 Å². The Morgan fingerprint density at radius 3 is 2.43 bits per heavy atom. The molecule has 212 valence electrons. The van der Waals surface area contributed by atoms with Gasteiger partial charge < -0.3 is 20.8 Å². The van der Waals surface area contributed by atoms with Gasteiger partial charge in [-0.3, -0.25) is 9.59 Å². The normalized spacial score (nSPS) is 13.4. The molecule has 5 N–H and O–H groups in total. The standard InChI is InChI=1S/C33H29FN4O4/c1-15-9-10-22-29(27(15)34)37-32(41)38(31(22)40)24-8-6-7-19(17(24)3)20-11-12-21(30(35)39)28-26(20)25-16(2)13-18(33(4,5)42)14-23(25)36-28/h6-14,36,42H,1-5H3,(H2,35,39)(H,37,41)/i1D3. The minimum absolute atomic E-state index is 0.187. The van der Waals surface area contributed by atoms with Crippen molar-refractivity contribution < 1.29 is 18.4 Å². The fraction of sp³-hybridized carbons (Fsp3) is 0.182. The molecule has 0 radical (unpaired) electrons. The summed E-state index contributed by atoms with van der Waals surface area (Å²) in [5, 5.41) is 12.0. The van der Waals surface area contributed by atoms with Crippen molar-refractivity contribution in [2.24, 2.45) is 5.73 Å². The van der Waals surface area contributed by atoms with E-state index < -0.39 is 46.5 Å². The Morgan fingerprint density at radius 2 is 1.74 bits per heavy atom. The quantitative estimate of drug-likeness (QED) is 0.228. The third-order valence-electron chi connectivity index (χ3n) is 7.87. The highest BCUT2D eigenvalue weighted by Crippen LogP contribution is 2.41. The topological polar surface area (TPSA) is 134 Å². The molecule has 6 rings (SSSR count). The second-order valence-electron chi connectivity index (χ2n) is 11.0. The van der Waals surface area contributed by atoms with E-state index in [0.717, 1.165) is 21.6 Å². The van der Waals surface area contributed by atoms with Gasteiger partial charge in [-0.1, -0.05) is 30.3 Å². The van der Waals surface area contributed by atoms with E-state index in [1.807, 2.05) is 25.1 Å². The summed E-state index contributed by atoms with van der Waals surface area (Å²) in [5.74, 6) is -1.81. The highest BCUT2D eigenvalue weighted by atomic mass is 19.1. The van der Waals surface area contributed by atoms with Crippen LogP contribution in [-0.4, -0.2) is 25.5 Å². The van der Waals surface area contributed by atoms with Crippen molar-refractivity contribution in [2.75, 3.05) is 0 Å². The number of nitrogens with one attached hydrogen (secondary N) is 2. The lowest BCUT2D eigenvalue weighted by molar-refractivity contribution is 0.0786. The number of H-pyrrole nitrogens is 2. The number of hydrogen-bond acceptors (Lipinski definition) is 4. The van der Waals surface area contributed by atoms with Gasteiger partial charge in [0.1, 0.15) is 5.82 Å². The molecule has 42 heavy (non-hydrogen) atoms. The van der Waals surface area contributed by atoms with Gasteiger partial charge in [0.05, 0.1) is 33.3 Å². The fourth-order valence-corrected chi connectivity index (χ4v) is 5.76. The highest BCUT2D eigenvalue weighted by molar-refractivity contribution is 6.21. The minimum atomic E-state index is -2.78. The van der Waals surface area contributed by atoms with Crippen molar-refractivity contribution >= 4 is 38.6 Å². The summed E-state index contributed by atoms with van der Waals surface area (Å²) >= 11 is 0. The SMILES string of the molecule is [2H]C([2H])([2H])c1ccc2c(=O)n(-c3cccc(-c4ccc(C(N)=O)c5[nH]c6cc(C(C)(C)O)cc(C)c6c45)c3C)c(=O)[nH]c2c1F. The van der Waals surface area contributed by atoms with E-state index in [4.69, 9.17) is 9.85 Å². The fourth-order valence-electron chi connectivity index (χ4n) is 5.76. The summed E-state index contributed by atoms with van der Waals surface area (Å²) in [7, 11) is 0. The second-order valence-corrected chi connectivity index (χ2v) is 11.0. The number of aromatic amines is 2. The van der Waals surface area contributed by atoms with Crippen molar-refractivity contribution in [3.05, 3.63) is 109 Å². The average molecular weight is 568 g/mol. The second kappa shape index (κ2) is 9.25. The summed E-state index contributed by atoms with van der Waals surface area (Å²) in [6.07, 6.45) is 0. The minimum Gasteiger partial charge on any atom is -0.386 e. The van der Waals surface area contributed by atoms with Crippen molar-refractivity contribution in [1.82, 2.24) is 14.5 Å². The van der Waals surface area contributed by atoms with Gasteiger partial charge in [-0.15, -0.1) is 0 Å². The third kappa shape index (κ3) is 3.96. The number of amides is 1. The smallest absolute Gasteiger partial charge is 0.333 e. The van der Waals surface area contributed by atoms with Crippen LogP contribution in [0.3, 0.4) is 0 Å². The van der Waals surface area contributed by atoms with Crippen LogP contribution in [-0.2, 0) is 5.60 Å². The van der Waals surface area contributed by atoms with Crippen LogP contribution in [0, 0.1) is 26.5 Å². The molecule has 0 unspecified atom stereocenters. The average Bonchev–Trinajstić information content (AvgIpc) is 3.33. The number of nitrogens with zero attached hydrogens (tertiary/aromatic N) is 1. The molecule has 0 atom stereocenters. The first kappa shape index (κ1) is 23.7. The maximum atomic E-state index is 15.2. The molecule has 9 heteroatoms. The van der Waals surface area contributed by atoms with Crippen LogP contribution in [0.1, 0.15) is 50.6 Å². The predicted molar refractivity (Wildman–Crippen MR) is 163 cm³/mol.